The lowest BCUT2D eigenvalue weighted by molar-refractivity contribution is 0.358. The highest BCUT2D eigenvalue weighted by molar-refractivity contribution is 5.66. The Bertz CT molecular complexity index is 627. The largest absolute Gasteiger partial charge is 0.420 e. The van der Waals surface area contributed by atoms with Gasteiger partial charge in [0.1, 0.15) is 5.82 Å². The summed E-state index contributed by atoms with van der Waals surface area (Å²) in [6, 6.07) is 0. The minimum atomic E-state index is -0.106. The molecule has 0 spiro atoms. The van der Waals surface area contributed by atoms with E-state index in [1.807, 2.05) is 0 Å². The second-order valence-electron chi connectivity index (χ2n) is 8.59. The molecule has 0 aliphatic rings. The second-order valence-corrected chi connectivity index (χ2v) is 8.59. The van der Waals surface area contributed by atoms with Crippen molar-refractivity contribution >= 4 is 11.4 Å². The average molecular weight is 277 g/mol. The van der Waals surface area contributed by atoms with E-state index in [9.17, 15) is 0 Å². The Morgan fingerprint density at radius 2 is 1.35 bits per heavy atom. The van der Waals surface area contributed by atoms with Crippen LogP contribution in [0.5, 0.6) is 0 Å². The van der Waals surface area contributed by atoms with Gasteiger partial charge in [-0.05, 0) is 20.8 Å². The molecule has 0 aliphatic heterocycles. The van der Waals surface area contributed by atoms with Crippen molar-refractivity contribution in [2.45, 2.75) is 78.7 Å². The lowest BCUT2D eigenvalue weighted by Crippen LogP contribution is -2.30. The van der Waals surface area contributed by atoms with Crippen LogP contribution in [0.15, 0.2) is 4.42 Å². The number of imidazole rings is 1. The molecule has 0 saturated heterocycles. The van der Waals surface area contributed by atoms with Crippen LogP contribution < -0.4 is 0 Å². The van der Waals surface area contributed by atoms with Gasteiger partial charge in [-0.2, -0.15) is 9.97 Å². The molecule has 112 valence electrons. The number of nitrogens with zero attached hydrogens (tertiary/aromatic N) is 3. The van der Waals surface area contributed by atoms with E-state index in [4.69, 9.17) is 14.4 Å². The van der Waals surface area contributed by atoms with Gasteiger partial charge >= 0.3 is 0 Å². The van der Waals surface area contributed by atoms with Crippen molar-refractivity contribution < 1.29 is 4.42 Å². The summed E-state index contributed by atoms with van der Waals surface area (Å²) in [5.74, 6) is 1.76. The Labute approximate surface area is 121 Å². The molecule has 20 heavy (non-hydrogen) atoms. The maximum absolute atomic E-state index is 5.90. The molecule has 0 N–H and O–H groups in total. The van der Waals surface area contributed by atoms with Crippen LogP contribution in [0, 0.1) is 0 Å². The zero-order valence-electron chi connectivity index (χ0n) is 14.2. The zero-order valence-corrected chi connectivity index (χ0v) is 14.2. The van der Waals surface area contributed by atoms with E-state index < -0.39 is 0 Å². The standard InChI is InChI=1S/C16H27N3O/c1-14(2,3)12-18-11-10(19(12)16(7,8)9)17-13(20-11)15(4,5)6/h1-9H3. The quantitative estimate of drug-likeness (QED) is 0.718. The van der Waals surface area contributed by atoms with Crippen molar-refractivity contribution in [3.05, 3.63) is 11.7 Å². The van der Waals surface area contributed by atoms with Crippen molar-refractivity contribution in [2.24, 2.45) is 0 Å². The molecule has 2 rings (SSSR count). The first kappa shape index (κ1) is 15.1. The maximum atomic E-state index is 5.90. The summed E-state index contributed by atoms with van der Waals surface area (Å²) < 4.78 is 8.11. The van der Waals surface area contributed by atoms with Crippen LogP contribution in [0.1, 0.15) is 74.0 Å². The molecule has 0 atom stereocenters. The smallest absolute Gasteiger partial charge is 0.266 e. The van der Waals surface area contributed by atoms with Gasteiger partial charge in [0.15, 0.2) is 0 Å². The number of fused-ring (bicyclic) bond motifs is 1. The van der Waals surface area contributed by atoms with E-state index in [1.165, 1.54) is 0 Å². The second kappa shape index (κ2) is 4.09. The third-order valence-corrected chi connectivity index (χ3v) is 3.21. The van der Waals surface area contributed by atoms with E-state index in [1.54, 1.807) is 0 Å². The molecule has 4 nitrogen and oxygen atoms in total. The molecular weight excluding hydrogens is 250 g/mol. The van der Waals surface area contributed by atoms with Gasteiger partial charge < -0.3 is 8.98 Å². The Morgan fingerprint density at radius 3 is 1.75 bits per heavy atom. The lowest BCUT2D eigenvalue weighted by atomic mass is 9.94. The first-order valence-electron chi connectivity index (χ1n) is 7.22. The SMILES string of the molecule is CC(C)(C)c1nc2c(nc(C(C)(C)C)n2C(C)(C)C)o1. The molecule has 0 aromatic carbocycles. The monoisotopic (exact) mass is 277 g/mol. The molecule has 0 radical (unpaired) electrons. The number of hydrogen-bond acceptors (Lipinski definition) is 3. The lowest BCUT2D eigenvalue weighted by Gasteiger charge is -2.28. The van der Waals surface area contributed by atoms with Crippen LogP contribution in [0.2, 0.25) is 0 Å². The molecule has 0 amide bonds. The Kier molecular flexibility index (Phi) is 3.08. The molecule has 4 heteroatoms. The highest BCUT2D eigenvalue weighted by atomic mass is 16.4. The van der Waals surface area contributed by atoms with Gasteiger partial charge in [0.25, 0.3) is 5.71 Å². The van der Waals surface area contributed by atoms with E-state index in [-0.39, 0.29) is 16.4 Å². The maximum Gasteiger partial charge on any atom is 0.266 e. The van der Waals surface area contributed by atoms with Gasteiger partial charge in [-0.15, -0.1) is 0 Å². The number of oxazole rings is 1. The van der Waals surface area contributed by atoms with E-state index in [2.05, 4.69) is 66.9 Å². The number of hydrogen-bond donors (Lipinski definition) is 0. The van der Waals surface area contributed by atoms with E-state index in [0.29, 0.717) is 5.71 Å². The summed E-state index contributed by atoms with van der Waals surface area (Å²) in [5.41, 5.74) is 1.27. The van der Waals surface area contributed by atoms with Crippen LogP contribution in [0.3, 0.4) is 0 Å². The molecular formula is C16H27N3O. The van der Waals surface area contributed by atoms with Gasteiger partial charge in [0, 0.05) is 16.4 Å². The Hall–Kier alpha value is -1.32. The first-order valence-corrected chi connectivity index (χ1v) is 7.22. The zero-order chi connectivity index (χ0) is 15.5. The summed E-state index contributed by atoms with van der Waals surface area (Å²) >= 11 is 0. The minimum absolute atomic E-state index is 0.0433. The van der Waals surface area contributed by atoms with Crippen molar-refractivity contribution in [3.8, 4) is 0 Å². The summed E-state index contributed by atoms with van der Waals surface area (Å²) in [6.07, 6.45) is 0. The van der Waals surface area contributed by atoms with Crippen molar-refractivity contribution in [1.29, 1.82) is 0 Å². The van der Waals surface area contributed by atoms with Crippen LogP contribution in [-0.2, 0) is 16.4 Å². The van der Waals surface area contributed by atoms with Gasteiger partial charge in [-0.3, -0.25) is 0 Å². The van der Waals surface area contributed by atoms with Crippen LogP contribution in [0.25, 0.3) is 11.4 Å². The fourth-order valence-corrected chi connectivity index (χ4v) is 2.23. The average Bonchev–Trinajstić information content (AvgIpc) is 2.66. The highest BCUT2D eigenvalue weighted by Gasteiger charge is 2.32. The molecule has 0 unspecified atom stereocenters. The van der Waals surface area contributed by atoms with E-state index in [0.717, 1.165) is 17.4 Å². The third kappa shape index (κ3) is 2.48. The predicted molar refractivity (Wildman–Crippen MR) is 82.2 cm³/mol. The molecule has 0 saturated carbocycles. The fourth-order valence-electron chi connectivity index (χ4n) is 2.23. The Morgan fingerprint density at radius 1 is 0.800 bits per heavy atom. The van der Waals surface area contributed by atoms with Gasteiger partial charge in [0.2, 0.25) is 11.5 Å². The van der Waals surface area contributed by atoms with Gasteiger partial charge in [-0.1, -0.05) is 41.5 Å². The normalized spacial score (nSPS) is 14.2. The van der Waals surface area contributed by atoms with Crippen molar-refractivity contribution in [2.75, 3.05) is 0 Å². The molecule has 0 aliphatic carbocycles. The molecule has 0 bridgehead atoms. The molecule has 0 fully saturated rings. The first-order chi connectivity index (χ1) is 8.82. The number of rotatable bonds is 0. The van der Waals surface area contributed by atoms with Gasteiger partial charge in [0.05, 0.1) is 0 Å². The van der Waals surface area contributed by atoms with Crippen molar-refractivity contribution in [3.63, 3.8) is 0 Å². The fraction of sp³-hybridized carbons (Fsp3) is 0.750. The summed E-state index contributed by atoms with van der Waals surface area (Å²) in [4.78, 5) is 9.44. The minimum Gasteiger partial charge on any atom is -0.420 e. The van der Waals surface area contributed by atoms with Gasteiger partial charge in [-0.25, -0.2) is 0 Å². The summed E-state index contributed by atoms with van der Waals surface area (Å²) in [6.45, 7) is 19.3. The molecule has 2 heterocycles. The topological polar surface area (TPSA) is 43.9 Å². The number of aromatic nitrogens is 3. The van der Waals surface area contributed by atoms with Crippen LogP contribution in [0.4, 0.5) is 0 Å². The predicted octanol–water partition coefficient (Wildman–Crippen LogP) is 4.37. The van der Waals surface area contributed by atoms with Crippen molar-refractivity contribution in [1.82, 2.24) is 14.5 Å². The highest BCUT2D eigenvalue weighted by Crippen LogP contribution is 2.34. The summed E-state index contributed by atoms with van der Waals surface area (Å²) in [5, 5.41) is 0. The van der Waals surface area contributed by atoms with E-state index >= 15 is 0 Å². The van der Waals surface area contributed by atoms with Crippen LogP contribution in [-0.4, -0.2) is 14.5 Å². The molecule has 2 aromatic rings. The van der Waals surface area contributed by atoms with Crippen LogP contribution >= 0.6 is 0 Å². The third-order valence-electron chi connectivity index (χ3n) is 3.21. The molecule has 2 aromatic heterocycles. The summed E-state index contributed by atoms with van der Waals surface area (Å²) in [7, 11) is 0. The Balaban J connectivity index is 2.77.